The Hall–Kier alpha value is -2.89. The van der Waals surface area contributed by atoms with Gasteiger partial charge < -0.3 is 5.32 Å². The first-order chi connectivity index (χ1) is 12.1. The van der Waals surface area contributed by atoms with E-state index < -0.39 is 0 Å². The number of nitrogens with one attached hydrogen (secondary N) is 1. The maximum Gasteiger partial charge on any atom is 0.345 e. The van der Waals surface area contributed by atoms with Crippen molar-refractivity contribution in [2.45, 2.75) is 31.8 Å². The summed E-state index contributed by atoms with van der Waals surface area (Å²) in [6.07, 6.45) is 2.21. The number of rotatable bonds is 2. The topological polar surface area (TPSA) is 68.9 Å². The Kier molecular flexibility index (Phi) is 3.87. The molecule has 1 aromatic heterocycles. The average molecular weight is 336 g/mol. The highest BCUT2D eigenvalue weighted by Gasteiger charge is 2.22. The molecule has 0 saturated carbocycles. The summed E-state index contributed by atoms with van der Waals surface area (Å²) >= 11 is 0. The van der Waals surface area contributed by atoms with Gasteiger partial charge in [-0.25, -0.2) is 9.48 Å². The van der Waals surface area contributed by atoms with E-state index in [9.17, 15) is 9.59 Å². The highest BCUT2D eigenvalue weighted by molar-refractivity contribution is 6.07. The summed E-state index contributed by atoms with van der Waals surface area (Å²) in [5.41, 5.74) is 0.604. The van der Waals surface area contributed by atoms with Crippen molar-refractivity contribution in [1.82, 2.24) is 19.7 Å². The van der Waals surface area contributed by atoms with Crippen LogP contribution in [0.4, 0.5) is 0 Å². The molecule has 128 valence electrons. The molecule has 0 saturated heterocycles. The average Bonchev–Trinajstić information content (AvgIpc) is 2.78. The van der Waals surface area contributed by atoms with Gasteiger partial charge in [-0.3, -0.25) is 9.36 Å². The van der Waals surface area contributed by atoms with Gasteiger partial charge in [0.05, 0.1) is 0 Å². The molecule has 1 aliphatic heterocycles. The summed E-state index contributed by atoms with van der Waals surface area (Å²) in [7, 11) is 1.67. The Morgan fingerprint density at radius 1 is 1.16 bits per heavy atom. The smallest absolute Gasteiger partial charge is 0.345 e. The van der Waals surface area contributed by atoms with Gasteiger partial charge in [-0.05, 0) is 29.7 Å². The molecule has 25 heavy (non-hydrogen) atoms. The number of fused-ring (bicyclic) bond motifs is 2. The largest absolute Gasteiger partial charge is 0.349 e. The fourth-order valence-corrected chi connectivity index (χ4v) is 3.53. The second-order valence-corrected chi connectivity index (χ2v) is 6.50. The van der Waals surface area contributed by atoms with E-state index in [-0.39, 0.29) is 17.6 Å². The minimum atomic E-state index is -0.0870. The van der Waals surface area contributed by atoms with E-state index in [4.69, 9.17) is 0 Å². The summed E-state index contributed by atoms with van der Waals surface area (Å²) in [6.45, 7) is 0.586. The summed E-state index contributed by atoms with van der Waals surface area (Å²) in [5, 5.41) is 9.43. The standard InChI is InChI=1S/C19H20N4O2/c1-22-19(25)23-12-11-14(9-10-17(23)21-22)20-18(24)16-8-4-6-13-5-2-3-7-15(13)16/h2-8,14H,9-12H2,1H3,(H,20,24). The van der Waals surface area contributed by atoms with Crippen LogP contribution in [0.2, 0.25) is 0 Å². The van der Waals surface area contributed by atoms with Crippen molar-refractivity contribution in [2.24, 2.45) is 7.05 Å². The van der Waals surface area contributed by atoms with Gasteiger partial charge in [-0.2, -0.15) is 5.10 Å². The number of amides is 1. The van der Waals surface area contributed by atoms with Crippen LogP contribution in [0.25, 0.3) is 10.8 Å². The number of carbonyl (C=O) groups excluding carboxylic acids is 1. The molecular formula is C19H20N4O2. The van der Waals surface area contributed by atoms with Crippen molar-refractivity contribution in [3.8, 4) is 0 Å². The lowest BCUT2D eigenvalue weighted by Crippen LogP contribution is -2.35. The van der Waals surface area contributed by atoms with Crippen molar-refractivity contribution >= 4 is 16.7 Å². The van der Waals surface area contributed by atoms with E-state index in [1.165, 1.54) is 4.68 Å². The van der Waals surface area contributed by atoms with Crippen LogP contribution in [0, 0.1) is 0 Å². The minimum Gasteiger partial charge on any atom is -0.349 e. The third-order valence-corrected chi connectivity index (χ3v) is 4.87. The van der Waals surface area contributed by atoms with E-state index in [2.05, 4.69) is 10.4 Å². The van der Waals surface area contributed by atoms with Crippen molar-refractivity contribution in [2.75, 3.05) is 0 Å². The van der Waals surface area contributed by atoms with Gasteiger partial charge in [0.1, 0.15) is 5.82 Å². The van der Waals surface area contributed by atoms with E-state index in [0.29, 0.717) is 18.5 Å². The van der Waals surface area contributed by atoms with Gasteiger partial charge in [-0.15, -0.1) is 0 Å². The summed E-state index contributed by atoms with van der Waals surface area (Å²) in [6, 6.07) is 13.7. The van der Waals surface area contributed by atoms with Crippen LogP contribution in [0.15, 0.2) is 47.3 Å². The Bertz CT molecular complexity index is 997. The highest BCUT2D eigenvalue weighted by Crippen LogP contribution is 2.19. The predicted molar refractivity (Wildman–Crippen MR) is 95.6 cm³/mol. The number of nitrogens with zero attached hydrogens (tertiary/aromatic N) is 3. The van der Waals surface area contributed by atoms with E-state index >= 15 is 0 Å². The number of aryl methyl sites for hydroxylation is 2. The second-order valence-electron chi connectivity index (χ2n) is 6.50. The normalized spacial score (nSPS) is 17.1. The molecule has 1 aliphatic rings. The molecule has 0 fully saturated rings. The molecule has 0 radical (unpaired) electrons. The summed E-state index contributed by atoms with van der Waals surface area (Å²) in [5.74, 6) is 0.739. The molecule has 0 spiro atoms. The number of hydrogen-bond acceptors (Lipinski definition) is 3. The molecule has 1 unspecified atom stereocenters. The molecule has 0 aliphatic carbocycles. The van der Waals surface area contributed by atoms with Crippen molar-refractivity contribution < 1.29 is 4.79 Å². The maximum absolute atomic E-state index is 12.8. The predicted octanol–water partition coefficient (Wildman–Crippen LogP) is 1.87. The maximum atomic E-state index is 12.8. The van der Waals surface area contributed by atoms with Crippen LogP contribution in [0.1, 0.15) is 29.0 Å². The fraction of sp³-hybridized carbons (Fsp3) is 0.316. The third-order valence-electron chi connectivity index (χ3n) is 4.87. The van der Waals surface area contributed by atoms with E-state index in [1.807, 2.05) is 42.5 Å². The van der Waals surface area contributed by atoms with Crippen LogP contribution < -0.4 is 11.0 Å². The van der Waals surface area contributed by atoms with Crippen molar-refractivity contribution in [3.05, 3.63) is 64.3 Å². The van der Waals surface area contributed by atoms with Crippen molar-refractivity contribution in [3.63, 3.8) is 0 Å². The molecular weight excluding hydrogens is 316 g/mol. The quantitative estimate of drug-likeness (QED) is 0.777. The number of hydrogen-bond donors (Lipinski definition) is 1. The fourth-order valence-electron chi connectivity index (χ4n) is 3.53. The van der Waals surface area contributed by atoms with Crippen LogP contribution in [-0.2, 0) is 20.0 Å². The van der Waals surface area contributed by atoms with E-state index in [0.717, 1.165) is 29.4 Å². The number of benzene rings is 2. The van der Waals surface area contributed by atoms with Gasteiger partial charge >= 0.3 is 5.69 Å². The highest BCUT2D eigenvalue weighted by atomic mass is 16.2. The lowest BCUT2D eigenvalue weighted by atomic mass is 10.0. The molecule has 1 N–H and O–H groups in total. The van der Waals surface area contributed by atoms with Crippen molar-refractivity contribution in [1.29, 1.82) is 0 Å². The van der Waals surface area contributed by atoms with Crippen LogP contribution in [0.5, 0.6) is 0 Å². The lowest BCUT2D eigenvalue weighted by molar-refractivity contribution is 0.0934. The zero-order chi connectivity index (χ0) is 17.4. The summed E-state index contributed by atoms with van der Waals surface area (Å²) < 4.78 is 3.09. The molecule has 3 aromatic rings. The van der Waals surface area contributed by atoms with E-state index in [1.54, 1.807) is 11.6 Å². The molecule has 1 amide bonds. The first-order valence-corrected chi connectivity index (χ1v) is 8.55. The SMILES string of the molecule is Cn1nc2n(c1=O)CCC(NC(=O)c1cccc3ccccc13)CC2. The molecule has 2 heterocycles. The van der Waals surface area contributed by atoms with Crippen LogP contribution in [-0.4, -0.2) is 26.3 Å². The molecule has 0 bridgehead atoms. The second kappa shape index (κ2) is 6.20. The zero-order valence-corrected chi connectivity index (χ0v) is 14.1. The molecule has 2 aromatic carbocycles. The molecule has 1 atom stereocenters. The van der Waals surface area contributed by atoms with Crippen LogP contribution >= 0.6 is 0 Å². The molecule has 6 nitrogen and oxygen atoms in total. The Labute approximate surface area is 145 Å². The van der Waals surface area contributed by atoms with Gasteiger partial charge in [0, 0.05) is 31.6 Å². The van der Waals surface area contributed by atoms with Crippen LogP contribution in [0.3, 0.4) is 0 Å². The number of aromatic nitrogens is 3. The Morgan fingerprint density at radius 2 is 1.96 bits per heavy atom. The first kappa shape index (κ1) is 15.6. The van der Waals surface area contributed by atoms with Gasteiger partial charge in [0.2, 0.25) is 0 Å². The number of carbonyl (C=O) groups is 1. The van der Waals surface area contributed by atoms with Gasteiger partial charge in [-0.1, -0.05) is 36.4 Å². The monoisotopic (exact) mass is 336 g/mol. The molecule has 6 heteroatoms. The summed E-state index contributed by atoms with van der Waals surface area (Å²) in [4.78, 5) is 24.8. The Morgan fingerprint density at radius 3 is 2.84 bits per heavy atom. The molecule has 4 rings (SSSR count). The third kappa shape index (κ3) is 2.84. The lowest BCUT2D eigenvalue weighted by Gasteiger charge is -2.17. The zero-order valence-electron chi connectivity index (χ0n) is 14.1. The van der Waals surface area contributed by atoms with Gasteiger partial charge in [0.25, 0.3) is 5.91 Å². The minimum absolute atomic E-state index is 0.0397. The van der Waals surface area contributed by atoms with Gasteiger partial charge in [0.15, 0.2) is 0 Å². The Balaban J connectivity index is 1.53. The first-order valence-electron chi connectivity index (χ1n) is 8.55.